The van der Waals surface area contributed by atoms with Gasteiger partial charge in [-0.05, 0) is 19.8 Å². The Balaban J connectivity index is 2.03. The molecule has 0 aliphatic carbocycles. The molecule has 3 heterocycles. The standard InChI is InChI=1S/C15H15N5O2/c1-9-16-17-13-10-5-2-3-6-11(10)14(18-20(9)13)19-8-4-7-12(19)15(21)22/h2-3,5-6,12H,4,7-8H2,1H3,(H,21,22)/t12-/m1/s1. The number of anilines is 1. The lowest BCUT2D eigenvalue weighted by molar-refractivity contribution is -0.138. The Morgan fingerprint density at radius 1 is 1.27 bits per heavy atom. The molecule has 1 aliphatic rings. The van der Waals surface area contributed by atoms with Gasteiger partial charge in [-0.25, -0.2) is 4.79 Å². The lowest BCUT2D eigenvalue weighted by atomic mass is 10.1. The van der Waals surface area contributed by atoms with E-state index in [1.165, 1.54) is 0 Å². The van der Waals surface area contributed by atoms with E-state index in [1.54, 1.807) is 4.52 Å². The second-order valence-electron chi connectivity index (χ2n) is 5.54. The van der Waals surface area contributed by atoms with Crippen molar-refractivity contribution in [3.8, 4) is 0 Å². The van der Waals surface area contributed by atoms with Crippen LogP contribution in [-0.4, -0.2) is 43.5 Å². The summed E-state index contributed by atoms with van der Waals surface area (Å²) in [6.07, 6.45) is 1.50. The summed E-state index contributed by atoms with van der Waals surface area (Å²) in [5.41, 5.74) is 0.697. The van der Waals surface area contributed by atoms with Crippen LogP contribution in [0.15, 0.2) is 24.3 Å². The van der Waals surface area contributed by atoms with Crippen LogP contribution in [0.25, 0.3) is 16.4 Å². The van der Waals surface area contributed by atoms with Crippen molar-refractivity contribution in [2.45, 2.75) is 25.8 Å². The first kappa shape index (κ1) is 13.0. The number of carboxylic acids is 1. The first-order valence-electron chi connectivity index (χ1n) is 7.27. The van der Waals surface area contributed by atoms with Gasteiger partial charge < -0.3 is 10.0 Å². The highest BCUT2D eigenvalue weighted by Gasteiger charge is 2.33. The Bertz CT molecular complexity index is 888. The molecule has 2 aromatic heterocycles. The Morgan fingerprint density at radius 3 is 2.82 bits per heavy atom. The van der Waals surface area contributed by atoms with E-state index in [0.717, 1.165) is 17.2 Å². The van der Waals surface area contributed by atoms with Gasteiger partial charge in [0.2, 0.25) is 0 Å². The number of hydrogen-bond donors (Lipinski definition) is 1. The number of aliphatic carboxylic acids is 1. The van der Waals surface area contributed by atoms with Gasteiger partial charge in [0.25, 0.3) is 0 Å². The Labute approximate surface area is 126 Å². The fourth-order valence-electron chi connectivity index (χ4n) is 3.16. The molecule has 1 N–H and O–H groups in total. The fourth-order valence-corrected chi connectivity index (χ4v) is 3.16. The van der Waals surface area contributed by atoms with Crippen molar-refractivity contribution in [2.75, 3.05) is 11.4 Å². The van der Waals surface area contributed by atoms with Crippen LogP contribution in [0.2, 0.25) is 0 Å². The summed E-state index contributed by atoms with van der Waals surface area (Å²) in [7, 11) is 0. The highest BCUT2D eigenvalue weighted by atomic mass is 16.4. The third kappa shape index (κ3) is 1.75. The predicted molar refractivity (Wildman–Crippen MR) is 81.0 cm³/mol. The molecule has 1 saturated heterocycles. The number of rotatable bonds is 2. The maximum absolute atomic E-state index is 11.5. The van der Waals surface area contributed by atoms with Crippen LogP contribution in [0, 0.1) is 6.92 Å². The first-order valence-corrected chi connectivity index (χ1v) is 7.27. The maximum atomic E-state index is 11.5. The molecular formula is C15H15N5O2. The van der Waals surface area contributed by atoms with Gasteiger partial charge in [-0.3, -0.25) is 0 Å². The number of carbonyl (C=O) groups is 1. The smallest absolute Gasteiger partial charge is 0.326 e. The van der Waals surface area contributed by atoms with Crippen LogP contribution >= 0.6 is 0 Å². The van der Waals surface area contributed by atoms with Gasteiger partial charge in [0.05, 0.1) is 0 Å². The van der Waals surface area contributed by atoms with Crippen LogP contribution in [0.4, 0.5) is 5.82 Å². The molecule has 1 fully saturated rings. The van der Waals surface area contributed by atoms with E-state index >= 15 is 0 Å². The molecule has 7 nitrogen and oxygen atoms in total. The third-order valence-corrected chi connectivity index (χ3v) is 4.21. The minimum atomic E-state index is -0.802. The van der Waals surface area contributed by atoms with E-state index in [-0.39, 0.29) is 0 Å². The SMILES string of the molecule is Cc1nnc2c3ccccc3c(N3CCC[C@@H]3C(=O)O)nn12. The number of aryl methyl sites for hydroxylation is 1. The summed E-state index contributed by atoms with van der Waals surface area (Å²) in [4.78, 5) is 13.4. The zero-order valence-electron chi connectivity index (χ0n) is 12.1. The molecule has 3 aromatic rings. The van der Waals surface area contributed by atoms with Crippen LogP contribution in [0.5, 0.6) is 0 Å². The van der Waals surface area contributed by atoms with Crippen molar-refractivity contribution in [3.63, 3.8) is 0 Å². The molecule has 112 valence electrons. The molecule has 0 spiro atoms. The minimum absolute atomic E-state index is 0.523. The van der Waals surface area contributed by atoms with E-state index in [9.17, 15) is 9.90 Å². The van der Waals surface area contributed by atoms with Crippen molar-refractivity contribution in [1.82, 2.24) is 19.8 Å². The molecule has 1 aromatic carbocycles. The quantitative estimate of drug-likeness (QED) is 0.774. The molecule has 22 heavy (non-hydrogen) atoms. The average molecular weight is 297 g/mol. The third-order valence-electron chi connectivity index (χ3n) is 4.21. The number of nitrogens with zero attached hydrogens (tertiary/aromatic N) is 5. The van der Waals surface area contributed by atoms with Gasteiger partial charge in [-0.1, -0.05) is 24.3 Å². The Kier molecular flexibility index (Phi) is 2.75. The summed E-state index contributed by atoms with van der Waals surface area (Å²) in [5.74, 6) is 0.577. The Hall–Kier alpha value is -2.70. The van der Waals surface area contributed by atoms with Gasteiger partial charge in [0, 0.05) is 17.3 Å². The highest BCUT2D eigenvalue weighted by molar-refractivity contribution is 6.01. The minimum Gasteiger partial charge on any atom is -0.480 e. The van der Waals surface area contributed by atoms with Crippen molar-refractivity contribution >= 4 is 28.2 Å². The van der Waals surface area contributed by atoms with E-state index in [1.807, 2.05) is 36.1 Å². The van der Waals surface area contributed by atoms with Gasteiger partial charge >= 0.3 is 5.97 Å². The highest BCUT2D eigenvalue weighted by Crippen LogP contribution is 2.32. The summed E-state index contributed by atoms with van der Waals surface area (Å²) in [5, 5.41) is 24.2. The maximum Gasteiger partial charge on any atom is 0.326 e. The lowest BCUT2D eigenvalue weighted by Gasteiger charge is -2.23. The van der Waals surface area contributed by atoms with Crippen molar-refractivity contribution in [1.29, 1.82) is 0 Å². The van der Waals surface area contributed by atoms with E-state index in [4.69, 9.17) is 0 Å². The number of fused-ring (bicyclic) bond motifs is 3. The van der Waals surface area contributed by atoms with E-state index in [0.29, 0.717) is 30.3 Å². The molecule has 7 heteroatoms. The van der Waals surface area contributed by atoms with Crippen LogP contribution in [0.3, 0.4) is 0 Å². The molecule has 0 saturated carbocycles. The van der Waals surface area contributed by atoms with E-state index in [2.05, 4.69) is 15.3 Å². The summed E-state index contributed by atoms with van der Waals surface area (Å²) < 4.78 is 1.69. The first-order chi connectivity index (χ1) is 10.7. The zero-order chi connectivity index (χ0) is 15.3. The number of hydrogen-bond acceptors (Lipinski definition) is 5. The lowest BCUT2D eigenvalue weighted by Crippen LogP contribution is -2.36. The van der Waals surface area contributed by atoms with Gasteiger partial charge in [0.15, 0.2) is 17.3 Å². The monoisotopic (exact) mass is 297 g/mol. The van der Waals surface area contributed by atoms with E-state index < -0.39 is 12.0 Å². The zero-order valence-corrected chi connectivity index (χ0v) is 12.1. The van der Waals surface area contributed by atoms with Gasteiger partial charge in [0.1, 0.15) is 6.04 Å². The second kappa shape index (κ2) is 4.66. The number of aromatic nitrogens is 4. The molecule has 4 rings (SSSR count). The summed E-state index contributed by atoms with van der Waals surface area (Å²) in [6, 6.07) is 7.27. The molecule has 0 bridgehead atoms. The van der Waals surface area contributed by atoms with Crippen molar-refractivity contribution in [2.24, 2.45) is 0 Å². The average Bonchev–Trinajstić information content (AvgIpc) is 3.14. The molecule has 0 radical (unpaired) electrons. The number of benzene rings is 1. The van der Waals surface area contributed by atoms with Crippen LogP contribution < -0.4 is 4.90 Å². The normalized spacial score (nSPS) is 18.4. The fraction of sp³-hybridized carbons (Fsp3) is 0.333. The second-order valence-corrected chi connectivity index (χ2v) is 5.54. The summed E-state index contributed by atoms with van der Waals surface area (Å²) in [6.45, 7) is 2.53. The molecule has 1 aliphatic heterocycles. The van der Waals surface area contributed by atoms with Crippen molar-refractivity contribution in [3.05, 3.63) is 30.1 Å². The largest absolute Gasteiger partial charge is 0.480 e. The molecular weight excluding hydrogens is 282 g/mol. The van der Waals surface area contributed by atoms with Crippen LogP contribution in [0.1, 0.15) is 18.7 Å². The predicted octanol–water partition coefficient (Wildman–Crippen LogP) is 1.64. The molecule has 0 amide bonds. The van der Waals surface area contributed by atoms with Crippen molar-refractivity contribution < 1.29 is 9.90 Å². The topological polar surface area (TPSA) is 83.6 Å². The molecule has 1 atom stereocenters. The van der Waals surface area contributed by atoms with Gasteiger partial charge in [-0.15, -0.1) is 15.3 Å². The molecule has 0 unspecified atom stereocenters. The summed E-state index contributed by atoms with van der Waals surface area (Å²) >= 11 is 0. The number of carboxylic acid groups (broad SMARTS) is 1. The van der Waals surface area contributed by atoms with Crippen LogP contribution in [-0.2, 0) is 4.79 Å². The Morgan fingerprint density at radius 2 is 2.05 bits per heavy atom. The van der Waals surface area contributed by atoms with Gasteiger partial charge in [-0.2, -0.15) is 4.52 Å².